The number of pyridine rings is 1. The van der Waals surface area contributed by atoms with Crippen molar-refractivity contribution in [2.24, 2.45) is 0 Å². The second kappa shape index (κ2) is 7.44. The lowest BCUT2D eigenvalue weighted by Gasteiger charge is -2.35. The highest BCUT2D eigenvalue weighted by molar-refractivity contribution is 5.92. The van der Waals surface area contributed by atoms with Crippen LogP contribution in [0.2, 0.25) is 0 Å². The van der Waals surface area contributed by atoms with E-state index in [1.807, 2.05) is 59.6 Å². The molecule has 0 unspecified atom stereocenters. The van der Waals surface area contributed by atoms with Gasteiger partial charge in [0.15, 0.2) is 0 Å². The summed E-state index contributed by atoms with van der Waals surface area (Å²) < 4.78 is 0. The van der Waals surface area contributed by atoms with Gasteiger partial charge in [-0.2, -0.15) is 0 Å². The lowest BCUT2D eigenvalue weighted by atomic mass is 10.1. The van der Waals surface area contributed by atoms with E-state index in [2.05, 4.69) is 27.3 Å². The van der Waals surface area contributed by atoms with Gasteiger partial charge in [-0.15, -0.1) is 0 Å². The maximum absolute atomic E-state index is 12.4. The van der Waals surface area contributed by atoms with E-state index in [1.165, 1.54) is 5.39 Å². The molecule has 1 aromatic heterocycles. The molecule has 132 valence electrons. The first-order chi connectivity index (χ1) is 12.8. The molecule has 0 bridgehead atoms. The molecule has 3 aromatic rings. The van der Waals surface area contributed by atoms with Crippen molar-refractivity contribution in [1.29, 1.82) is 0 Å². The molecule has 0 aliphatic carbocycles. The number of aromatic nitrogens is 1. The minimum Gasteiger partial charge on any atom is -0.353 e. The van der Waals surface area contributed by atoms with E-state index in [-0.39, 0.29) is 6.03 Å². The molecule has 26 heavy (non-hydrogen) atoms. The number of piperazine rings is 1. The van der Waals surface area contributed by atoms with E-state index in [1.54, 1.807) is 0 Å². The maximum Gasteiger partial charge on any atom is 0.317 e. The number of benzene rings is 2. The van der Waals surface area contributed by atoms with Gasteiger partial charge in [0.1, 0.15) is 5.82 Å². The summed E-state index contributed by atoms with van der Waals surface area (Å²) in [5, 5.41) is 5.36. The van der Waals surface area contributed by atoms with Crippen molar-refractivity contribution < 1.29 is 4.79 Å². The second-order valence-corrected chi connectivity index (χ2v) is 6.47. The zero-order valence-electron chi connectivity index (χ0n) is 14.6. The summed E-state index contributed by atoms with van der Waals surface area (Å²) in [5.41, 5.74) is 1.11. The number of hydrogen-bond acceptors (Lipinski definition) is 3. The molecule has 1 N–H and O–H groups in total. The quantitative estimate of drug-likeness (QED) is 0.792. The fourth-order valence-electron chi connectivity index (χ4n) is 3.36. The lowest BCUT2D eigenvalue weighted by molar-refractivity contribution is 0.194. The Bertz CT molecular complexity index is 883. The normalized spacial score (nSPS) is 14.5. The van der Waals surface area contributed by atoms with Gasteiger partial charge in [0.25, 0.3) is 0 Å². The minimum atomic E-state index is -0.000572. The van der Waals surface area contributed by atoms with Crippen LogP contribution in [0.4, 0.5) is 10.6 Å². The average Bonchev–Trinajstić information content (AvgIpc) is 2.72. The summed E-state index contributed by atoms with van der Waals surface area (Å²) in [4.78, 5) is 21.1. The standard InChI is InChI=1S/C21H22N4O/c26-21(23-16-17-6-2-1-3-7-17)25-14-12-24(13-15-25)20-19-9-5-4-8-18(19)10-11-22-20/h1-11H,12-16H2,(H,23,26). The van der Waals surface area contributed by atoms with E-state index in [9.17, 15) is 4.79 Å². The van der Waals surface area contributed by atoms with Gasteiger partial charge < -0.3 is 15.1 Å². The fraction of sp³-hybridized carbons (Fsp3) is 0.238. The van der Waals surface area contributed by atoms with Crippen LogP contribution >= 0.6 is 0 Å². The monoisotopic (exact) mass is 346 g/mol. The SMILES string of the molecule is O=C(NCc1ccccc1)N1CCN(c2nccc3ccccc23)CC1. The van der Waals surface area contributed by atoms with Crippen LogP contribution in [0.15, 0.2) is 66.9 Å². The number of carbonyl (C=O) groups excluding carboxylic acids is 1. The van der Waals surface area contributed by atoms with E-state index >= 15 is 0 Å². The Hall–Kier alpha value is -3.08. The van der Waals surface area contributed by atoms with Crippen molar-refractivity contribution in [3.63, 3.8) is 0 Å². The predicted molar refractivity (Wildman–Crippen MR) is 104 cm³/mol. The molecule has 0 spiro atoms. The van der Waals surface area contributed by atoms with Gasteiger partial charge in [-0.3, -0.25) is 0 Å². The Morgan fingerprint density at radius 3 is 2.46 bits per heavy atom. The molecule has 0 saturated carbocycles. The molecule has 1 fully saturated rings. The first-order valence-electron chi connectivity index (χ1n) is 8.97. The first kappa shape index (κ1) is 16.4. The van der Waals surface area contributed by atoms with Crippen molar-refractivity contribution in [1.82, 2.24) is 15.2 Å². The highest BCUT2D eigenvalue weighted by atomic mass is 16.2. The Labute approximate surface area is 153 Å². The Balaban J connectivity index is 1.37. The van der Waals surface area contributed by atoms with Gasteiger partial charge in [-0.1, -0.05) is 54.6 Å². The molecule has 0 atom stereocenters. The number of carbonyl (C=O) groups is 1. The van der Waals surface area contributed by atoms with E-state index < -0.39 is 0 Å². The summed E-state index contributed by atoms with van der Waals surface area (Å²) in [6, 6.07) is 20.3. The number of hydrogen-bond donors (Lipinski definition) is 1. The van der Waals surface area contributed by atoms with Crippen molar-refractivity contribution >= 4 is 22.6 Å². The predicted octanol–water partition coefficient (Wildman–Crippen LogP) is 3.27. The summed E-state index contributed by atoms with van der Waals surface area (Å²) >= 11 is 0. The third kappa shape index (κ3) is 3.47. The van der Waals surface area contributed by atoms with Gasteiger partial charge in [-0.05, 0) is 17.0 Å². The summed E-state index contributed by atoms with van der Waals surface area (Å²) in [7, 11) is 0. The van der Waals surface area contributed by atoms with Crippen LogP contribution in [0.3, 0.4) is 0 Å². The van der Waals surface area contributed by atoms with Gasteiger partial charge in [0, 0.05) is 44.3 Å². The first-order valence-corrected chi connectivity index (χ1v) is 8.97. The van der Waals surface area contributed by atoms with E-state index in [0.717, 1.165) is 29.9 Å². The van der Waals surface area contributed by atoms with Crippen LogP contribution in [0.25, 0.3) is 10.8 Å². The molecule has 2 aromatic carbocycles. The number of anilines is 1. The second-order valence-electron chi connectivity index (χ2n) is 6.47. The summed E-state index contributed by atoms with van der Waals surface area (Å²) in [6.07, 6.45) is 1.86. The molecular formula is C21H22N4O. The molecule has 2 heterocycles. The van der Waals surface area contributed by atoms with Crippen LogP contribution in [-0.4, -0.2) is 42.1 Å². The number of rotatable bonds is 3. The van der Waals surface area contributed by atoms with Gasteiger partial charge in [0.05, 0.1) is 0 Å². The van der Waals surface area contributed by atoms with E-state index in [4.69, 9.17) is 0 Å². The molecule has 5 heteroatoms. The van der Waals surface area contributed by atoms with Crippen LogP contribution in [0, 0.1) is 0 Å². The number of fused-ring (bicyclic) bond motifs is 1. The molecule has 1 aliphatic heterocycles. The Kier molecular flexibility index (Phi) is 4.69. The number of amides is 2. The molecule has 1 aliphatic rings. The van der Waals surface area contributed by atoms with Gasteiger partial charge >= 0.3 is 6.03 Å². The molecule has 2 amide bonds. The third-order valence-electron chi connectivity index (χ3n) is 4.81. The maximum atomic E-state index is 12.4. The van der Waals surface area contributed by atoms with Crippen molar-refractivity contribution in [3.8, 4) is 0 Å². The number of urea groups is 1. The Morgan fingerprint density at radius 1 is 0.923 bits per heavy atom. The minimum absolute atomic E-state index is 0.000572. The zero-order chi connectivity index (χ0) is 17.8. The lowest BCUT2D eigenvalue weighted by Crippen LogP contribution is -2.52. The van der Waals surface area contributed by atoms with Crippen molar-refractivity contribution in [3.05, 3.63) is 72.4 Å². The zero-order valence-corrected chi connectivity index (χ0v) is 14.6. The van der Waals surface area contributed by atoms with Gasteiger partial charge in [-0.25, -0.2) is 9.78 Å². The van der Waals surface area contributed by atoms with Crippen molar-refractivity contribution in [2.45, 2.75) is 6.54 Å². The van der Waals surface area contributed by atoms with Crippen LogP contribution in [-0.2, 0) is 6.54 Å². The van der Waals surface area contributed by atoms with Gasteiger partial charge in [0.2, 0.25) is 0 Å². The summed E-state index contributed by atoms with van der Waals surface area (Å²) in [5.74, 6) is 1.01. The third-order valence-corrected chi connectivity index (χ3v) is 4.81. The van der Waals surface area contributed by atoms with Crippen LogP contribution < -0.4 is 10.2 Å². The number of nitrogens with zero attached hydrogens (tertiary/aromatic N) is 3. The average molecular weight is 346 g/mol. The summed E-state index contributed by atoms with van der Waals surface area (Å²) in [6.45, 7) is 3.54. The topological polar surface area (TPSA) is 48.5 Å². The van der Waals surface area contributed by atoms with Crippen molar-refractivity contribution in [2.75, 3.05) is 31.1 Å². The molecular weight excluding hydrogens is 324 g/mol. The molecule has 0 radical (unpaired) electrons. The smallest absolute Gasteiger partial charge is 0.317 e. The molecule has 4 rings (SSSR count). The van der Waals surface area contributed by atoms with Crippen LogP contribution in [0.5, 0.6) is 0 Å². The Morgan fingerprint density at radius 2 is 1.65 bits per heavy atom. The largest absolute Gasteiger partial charge is 0.353 e. The van der Waals surface area contributed by atoms with Crippen LogP contribution in [0.1, 0.15) is 5.56 Å². The highest BCUT2D eigenvalue weighted by Gasteiger charge is 2.22. The molecule has 5 nitrogen and oxygen atoms in total. The number of nitrogens with one attached hydrogen (secondary N) is 1. The van der Waals surface area contributed by atoms with E-state index in [0.29, 0.717) is 19.6 Å². The highest BCUT2D eigenvalue weighted by Crippen LogP contribution is 2.24. The molecule has 1 saturated heterocycles. The fourth-order valence-corrected chi connectivity index (χ4v) is 3.36.